The van der Waals surface area contributed by atoms with Gasteiger partial charge < -0.3 is 4.57 Å². The predicted octanol–water partition coefficient (Wildman–Crippen LogP) is 16.0. The Labute approximate surface area is 364 Å². The van der Waals surface area contributed by atoms with Gasteiger partial charge >= 0.3 is 0 Å². The Hall–Kier alpha value is -7.92. The van der Waals surface area contributed by atoms with E-state index in [9.17, 15) is 0 Å². The summed E-state index contributed by atoms with van der Waals surface area (Å²) in [5, 5.41) is 3.50. The van der Waals surface area contributed by atoms with E-state index in [1.165, 1.54) is 37.7 Å². The Morgan fingerprint density at radius 3 is 1.48 bits per heavy atom. The van der Waals surface area contributed by atoms with Gasteiger partial charge in [-0.1, -0.05) is 183 Å². The number of thiophene rings is 1. The number of fused-ring (bicyclic) bond motifs is 6. The predicted molar refractivity (Wildman–Crippen MR) is 265 cm³/mol. The van der Waals surface area contributed by atoms with E-state index in [0.717, 1.165) is 71.4 Å². The normalized spacial score (nSPS) is 11.8. The van der Waals surface area contributed by atoms with Gasteiger partial charge in [-0.25, -0.2) is 9.97 Å². The number of allylic oxidation sites excluding steroid dienone is 4. The number of rotatable bonds is 9. The Morgan fingerprint density at radius 1 is 0.468 bits per heavy atom. The standard InChI is InChI=1S/C58H39N3S/c1-3-19-38(4-2)58-59-54(57-55(60-58)46-28-17-18-29-53(46)62-57)45-36-47(41-24-13-7-14-25-41)56(48(37-45)42-26-15-8-16-27-42)61-51-32-30-43(39-20-9-5-10-21-39)34-49(51)50-35-44(31-33-52(50)61)40-22-11-6-12-23-40/h3-37H,1-2H2/b38-19+. The van der Waals surface area contributed by atoms with Crippen molar-refractivity contribution in [3.63, 3.8) is 0 Å². The summed E-state index contributed by atoms with van der Waals surface area (Å²) in [6, 6.07) is 69.9. The molecule has 0 aliphatic heterocycles. The summed E-state index contributed by atoms with van der Waals surface area (Å²) in [7, 11) is 0. The number of nitrogens with zero attached hydrogens (tertiary/aromatic N) is 3. The second-order valence-corrected chi connectivity index (χ2v) is 16.5. The van der Waals surface area contributed by atoms with E-state index in [-0.39, 0.29) is 0 Å². The van der Waals surface area contributed by atoms with Crippen molar-refractivity contribution in [1.82, 2.24) is 14.5 Å². The Morgan fingerprint density at radius 2 is 0.968 bits per heavy atom. The molecule has 0 spiro atoms. The largest absolute Gasteiger partial charge is 0.308 e. The van der Waals surface area contributed by atoms with Crippen molar-refractivity contribution in [2.24, 2.45) is 0 Å². The molecule has 11 aromatic rings. The molecule has 0 amide bonds. The van der Waals surface area contributed by atoms with Gasteiger partial charge in [-0.15, -0.1) is 11.3 Å². The number of aromatic nitrogens is 3. The van der Waals surface area contributed by atoms with E-state index in [1.54, 1.807) is 17.4 Å². The molecule has 8 aromatic carbocycles. The van der Waals surface area contributed by atoms with Gasteiger partial charge in [0, 0.05) is 43.1 Å². The number of hydrogen-bond donors (Lipinski definition) is 0. The van der Waals surface area contributed by atoms with Crippen molar-refractivity contribution in [2.75, 3.05) is 0 Å². The van der Waals surface area contributed by atoms with E-state index in [2.05, 4.69) is 212 Å². The van der Waals surface area contributed by atoms with Crippen LogP contribution < -0.4 is 0 Å². The lowest BCUT2D eigenvalue weighted by Crippen LogP contribution is -2.03. The highest BCUT2D eigenvalue weighted by molar-refractivity contribution is 7.26. The number of hydrogen-bond acceptors (Lipinski definition) is 3. The molecule has 0 unspecified atom stereocenters. The molecule has 62 heavy (non-hydrogen) atoms. The summed E-state index contributed by atoms with van der Waals surface area (Å²) in [4.78, 5) is 10.6. The lowest BCUT2D eigenvalue weighted by Gasteiger charge is -2.21. The van der Waals surface area contributed by atoms with Crippen LogP contribution in [-0.2, 0) is 0 Å². The Balaban J connectivity index is 1.28. The fraction of sp³-hybridized carbons (Fsp3) is 0. The topological polar surface area (TPSA) is 30.7 Å². The highest BCUT2D eigenvalue weighted by Gasteiger charge is 2.24. The summed E-state index contributed by atoms with van der Waals surface area (Å²) < 4.78 is 4.70. The van der Waals surface area contributed by atoms with E-state index in [4.69, 9.17) is 9.97 Å². The minimum Gasteiger partial charge on any atom is -0.308 e. The molecule has 11 rings (SSSR count). The highest BCUT2D eigenvalue weighted by atomic mass is 32.1. The first-order valence-corrected chi connectivity index (χ1v) is 21.6. The van der Waals surface area contributed by atoms with Crippen LogP contribution in [0.3, 0.4) is 0 Å². The van der Waals surface area contributed by atoms with Crippen molar-refractivity contribution >= 4 is 59.0 Å². The van der Waals surface area contributed by atoms with Crippen LogP contribution in [0, 0.1) is 0 Å². The van der Waals surface area contributed by atoms with Gasteiger partial charge in [-0.2, -0.15) is 0 Å². The molecular formula is C58H39N3S. The lowest BCUT2D eigenvalue weighted by molar-refractivity contribution is 1.17. The highest BCUT2D eigenvalue weighted by Crippen LogP contribution is 2.47. The molecule has 3 heterocycles. The third kappa shape index (κ3) is 6.37. The molecule has 0 atom stereocenters. The van der Waals surface area contributed by atoms with Gasteiger partial charge in [0.1, 0.15) is 0 Å². The number of benzene rings is 8. The second-order valence-electron chi connectivity index (χ2n) is 15.4. The minimum atomic E-state index is 0.614. The first kappa shape index (κ1) is 37.1. The van der Waals surface area contributed by atoms with Crippen molar-refractivity contribution in [1.29, 1.82) is 0 Å². The molecular weight excluding hydrogens is 771 g/mol. The van der Waals surface area contributed by atoms with Crippen LogP contribution >= 0.6 is 11.3 Å². The molecule has 0 aliphatic carbocycles. The van der Waals surface area contributed by atoms with Gasteiger partial charge in [0.2, 0.25) is 0 Å². The van der Waals surface area contributed by atoms with Crippen LogP contribution in [0.5, 0.6) is 0 Å². The molecule has 3 aromatic heterocycles. The van der Waals surface area contributed by atoms with Crippen LogP contribution in [0.15, 0.2) is 226 Å². The summed E-state index contributed by atoms with van der Waals surface area (Å²) in [6.45, 7) is 8.12. The van der Waals surface area contributed by atoms with Gasteiger partial charge in [-0.3, -0.25) is 0 Å². The van der Waals surface area contributed by atoms with Crippen LogP contribution in [0.1, 0.15) is 5.82 Å². The van der Waals surface area contributed by atoms with E-state index >= 15 is 0 Å². The molecule has 292 valence electrons. The van der Waals surface area contributed by atoms with E-state index < -0.39 is 0 Å². The van der Waals surface area contributed by atoms with Crippen LogP contribution in [0.25, 0.3) is 109 Å². The molecule has 0 fully saturated rings. The summed E-state index contributed by atoms with van der Waals surface area (Å²) in [5.74, 6) is 0.614. The lowest BCUT2D eigenvalue weighted by atomic mass is 9.91. The SMILES string of the molecule is C=C/C=C(\C=C)c1nc(-c2cc(-c3ccccc3)c(-n3c4ccc(-c5ccccc5)cc4c4cc(-c5ccccc5)ccc43)c(-c3ccccc3)c2)c2sc3ccccc3c2n1. The second kappa shape index (κ2) is 15.6. The quantitative estimate of drug-likeness (QED) is 0.136. The van der Waals surface area contributed by atoms with E-state index in [0.29, 0.717) is 5.82 Å². The Bertz CT molecular complexity index is 3370. The maximum absolute atomic E-state index is 5.40. The molecule has 0 radical (unpaired) electrons. The molecule has 4 heteroatoms. The maximum Gasteiger partial charge on any atom is 0.160 e. The average molecular weight is 810 g/mol. The van der Waals surface area contributed by atoms with Crippen molar-refractivity contribution < 1.29 is 0 Å². The first-order chi connectivity index (χ1) is 30.7. The van der Waals surface area contributed by atoms with Crippen molar-refractivity contribution in [2.45, 2.75) is 0 Å². The molecule has 0 saturated heterocycles. The fourth-order valence-corrected chi connectivity index (χ4v) is 10.0. The van der Waals surface area contributed by atoms with Gasteiger partial charge in [-0.05, 0) is 75.8 Å². The van der Waals surface area contributed by atoms with Crippen LogP contribution in [0.4, 0.5) is 0 Å². The summed E-state index contributed by atoms with van der Waals surface area (Å²) in [6.07, 6.45) is 5.50. The Kier molecular flexibility index (Phi) is 9.33. The van der Waals surface area contributed by atoms with Gasteiger partial charge in [0.25, 0.3) is 0 Å². The van der Waals surface area contributed by atoms with E-state index in [1.807, 2.05) is 12.2 Å². The third-order valence-corrected chi connectivity index (χ3v) is 12.9. The monoisotopic (exact) mass is 809 g/mol. The smallest absolute Gasteiger partial charge is 0.160 e. The minimum absolute atomic E-state index is 0.614. The van der Waals surface area contributed by atoms with Crippen molar-refractivity contribution in [3.8, 4) is 61.5 Å². The molecule has 0 N–H and O–H groups in total. The van der Waals surface area contributed by atoms with Crippen LogP contribution in [0.2, 0.25) is 0 Å². The molecule has 3 nitrogen and oxygen atoms in total. The molecule has 0 saturated carbocycles. The zero-order valence-electron chi connectivity index (χ0n) is 33.9. The maximum atomic E-state index is 5.40. The first-order valence-electron chi connectivity index (χ1n) is 20.8. The third-order valence-electron chi connectivity index (χ3n) is 11.8. The summed E-state index contributed by atoms with van der Waals surface area (Å²) in [5.41, 5.74) is 16.2. The molecule has 0 bridgehead atoms. The van der Waals surface area contributed by atoms with Gasteiger partial charge in [0.05, 0.1) is 32.6 Å². The summed E-state index contributed by atoms with van der Waals surface area (Å²) >= 11 is 1.74. The van der Waals surface area contributed by atoms with Crippen LogP contribution in [-0.4, -0.2) is 14.5 Å². The zero-order chi connectivity index (χ0) is 41.6. The molecule has 0 aliphatic rings. The average Bonchev–Trinajstić information content (AvgIpc) is 3.88. The van der Waals surface area contributed by atoms with Crippen molar-refractivity contribution in [3.05, 3.63) is 231 Å². The fourth-order valence-electron chi connectivity index (χ4n) is 8.85. The zero-order valence-corrected chi connectivity index (χ0v) is 34.7. The van der Waals surface area contributed by atoms with Gasteiger partial charge in [0.15, 0.2) is 5.82 Å².